The molecule has 1 saturated heterocycles. The highest BCUT2D eigenvalue weighted by molar-refractivity contribution is 5.74. The molecule has 1 aliphatic heterocycles. The van der Waals surface area contributed by atoms with Gasteiger partial charge in [-0.3, -0.25) is 4.57 Å². The summed E-state index contributed by atoms with van der Waals surface area (Å²) in [6.07, 6.45) is 2.11. The second kappa shape index (κ2) is 4.38. The van der Waals surface area contributed by atoms with Gasteiger partial charge in [0.15, 0.2) is 5.65 Å². The number of hydrogen-bond donors (Lipinski definition) is 1. The monoisotopic (exact) mass is 262 g/mol. The highest BCUT2D eigenvalue weighted by Gasteiger charge is 2.31. The molecule has 19 heavy (non-hydrogen) atoms. The Bertz CT molecular complexity index is 602. The molecular weight excluding hydrogens is 244 g/mol. The minimum Gasteiger partial charge on any atom is -0.481 e. The van der Waals surface area contributed by atoms with Crippen LogP contribution in [0.15, 0.2) is 12.1 Å². The summed E-state index contributed by atoms with van der Waals surface area (Å²) in [5.41, 5.74) is 7.33. The predicted molar refractivity (Wildman–Crippen MR) is 72.1 cm³/mol. The summed E-state index contributed by atoms with van der Waals surface area (Å²) in [5.74, 6) is 1.03. The summed E-state index contributed by atoms with van der Waals surface area (Å²) in [7, 11) is 1.60. The Kier molecular flexibility index (Phi) is 2.82. The molecule has 0 aromatic carbocycles. The number of rotatable bonds is 3. The minimum absolute atomic E-state index is 0.188. The minimum atomic E-state index is -0.188. The summed E-state index contributed by atoms with van der Waals surface area (Å²) in [5, 5.41) is 0. The average Bonchev–Trinajstić information content (AvgIpc) is 2.95. The number of methoxy groups -OCH3 is 1. The van der Waals surface area contributed by atoms with Crippen LogP contribution in [0.4, 0.5) is 5.95 Å². The van der Waals surface area contributed by atoms with E-state index in [0.29, 0.717) is 18.4 Å². The molecule has 0 aliphatic carbocycles. The molecule has 1 atom stereocenters. The van der Waals surface area contributed by atoms with Gasteiger partial charge in [-0.25, -0.2) is 4.98 Å². The third kappa shape index (κ3) is 2.12. The Hall–Kier alpha value is -1.82. The third-order valence-electron chi connectivity index (χ3n) is 3.60. The Morgan fingerprint density at radius 3 is 3.00 bits per heavy atom. The van der Waals surface area contributed by atoms with Crippen LogP contribution in [-0.4, -0.2) is 33.9 Å². The van der Waals surface area contributed by atoms with Gasteiger partial charge < -0.3 is 15.2 Å². The first-order valence-electron chi connectivity index (χ1n) is 6.42. The molecule has 0 saturated carbocycles. The maximum atomic E-state index is 6.00. The number of imidazole rings is 1. The quantitative estimate of drug-likeness (QED) is 0.909. The van der Waals surface area contributed by atoms with Crippen molar-refractivity contribution in [2.24, 2.45) is 0 Å². The lowest BCUT2D eigenvalue weighted by Gasteiger charge is -2.24. The summed E-state index contributed by atoms with van der Waals surface area (Å²) < 4.78 is 12.9. The van der Waals surface area contributed by atoms with Gasteiger partial charge in [-0.15, -0.1) is 0 Å². The number of fused-ring (bicyclic) bond motifs is 1. The maximum absolute atomic E-state index is 6.00. The fourth-order valence-electron chi connectivity index (χ4n) is 2.57. The van der Waals surface area contributed by atoms with Crippen molar-refractivity contribution in [1.82, 2.24) is 14.5 Å². The van der Waals surface area contributed by atoms with Gasteiger partial charge in [0.05, 0.1) is 19.3 Å². The van der Waals surface area contributed by atoms with Crippen LogP contribution in [0.3, 0.4) is 0 Å². The van der Waals surface area contributed by atoms with E-state index in [1.165, 1.54) is 0 Å². The Morgan fingerprint density at radius 1 is 1.47 bits per heavy atom. The number of aromatic nitrogens is 3. The van der Waals surface area contributed by atoms with Crippen molar-refractivity contribution in [3.05, 3.63) is 12.1 Å². The van der Waals surface area contributed by atoms with Crippen LogP contribution in [0.2, 0.25) is 0 Å². The molecule has 0 bridgehead atoms. The zero-order valence-electron chi connectivity index (χ0n) is 11.2. The van der Waals surface area contributed by atoms with Crippen LogP contribution in [0.1, 0.15) is 19.8 Å². The molecule has 6 nitrogen and oxygen atoms in total. The number of nitrogens with two attached hydrogens (primary N) is 1. The van der Waals surface area contributed by atoms with Crippen LogP contribution in [0.5, 0.6) is 5.88 Å². The third-order valence-corrected chi connectivity index (χ3v) is 3.60. The van der Waals surface area contributed by atoms with Crippen molar-refractivity contribution in [2.45, 2.75) is 31.9 Å². The number of nitrogen functional groups attached to an aromatic ring is 1. The highest BCUT2D eigenvalue weighted by atomic mass is 16.5. The summed E-state index contributed by atoms with van der Waals surface area (Å²) in [6.45, 7) is 3.57. The number of hydrogen-bond acceptors (Lipinski definition) is 5. The van der Waals surface area contributed by atoms with Crippen molar-refractivity contribution < 1.29 is 9.47 Å². The van der Waals surface area contributed by atoms with Crippen molar-refractivity contribution in [1.29, 1.82) is 0 Å². The van der Waals surface area contributed by atoms with Crippen LogP contribution in [0, 0.1) is 0 Å². The second-order valence-corrected chi connectivity index (χ2v) is 5.15. The van der Waals surface area contributed by atoms with Gasteiger partial charge in [-0.2, -0.15) is 4.98 Å². The molecule has 0 spiro atoms. The first kappa shape index (κ1) is 12.2. The van der Waals surface area contributed by atoms with Crippen LogP contribution in [0.25, 0.3) is 11.2 Å². The first-order valence-corrected chi connectivity index (χ1v) is 6.42. The van der Waals surface area contributed by atoms with Crippen LogP contribution < -0.4 is 10.5 Å². The zero-order valence-corrected chi connectivity index (χ0v) is 11.2. The Balaban J connectivity index is 2.03. The van der Waals surface area contributed by atoms with Gasteiger partial charge in [-0.1, -0.05) is 0 Å². The van der Waals surface area contributed by atoms with Crippen molar-refractivity contribution >= 4 is 17.1 Å². The van der Waals surface area contributed by atoms with Gasteiger partial charge in [0.25, 0.3) is 0 Å². The van der Waals surface area contributed by atoms with Gasteiger partial charge >= 0.3 is 0 Å². The molecule has 2 aromatic rings. The molecule has 3 heterocycles. The van der Waals surface area contributed by atoms with E-state index >= 15 is 0 Å². The predicted octanol–water partition coefficient (Wildman–Crippen LogP) is 1.59. The molecule has 1 fully saturated rings. The van der Waals surface area contributed by atoms with E-state index in [0.717, 1.165) is 30.6 Å². The number of anilines is 1. The van der Waals surface area contributed by atoms with E-state index in [9.17, 15) is 0 Å². The average molecular weight is 262 g/mol. The molecular formula is C13H18N4O2. The van der Waals surface area contributed by atoms with E-state index in [1.54, 1.807) is 13.2 Å². The Labute approximate surface area is 111 Å². The summed E-state index contributed by atoms with van der Waals surface area (Å²) in [6, 6.07) is 3.65. The number of pyridine rings is 1. The molecule has 102 valence electrons. The molecule has 1 aliphatic rings. The van der Waals surface area contributed by atoms with E-state index in [1.807, 2.05) is 10.6 Å². The smallest absolute Gasteiger partial charge is 0.215 e. The van der Waals surface area contributed by atoms with Gasteiger partial charge in [-0.05, 0) is 25.8 Å². The summed E-state index contributed by atoms with van der Waals surface area (Å²) in [4.78, 5) is 8.76. The van der Waals surface area contributed by atoms with Gasteiger partial charge in [0, 0.05) is 12.7 Å². The lowest BCUT2D eigenvalue weighted by atomic mass is 10.0. The Morgan fingerprint density at radius 2 is 2.32 bits per heavy atom. The van der Waals surface area contributed by atoms with Crippen molar-refractivity contribution in [3.8, 4) is 5.88 Å². The fourth-order valence-corrected chi connectivity index (χ4v) is 2.57. The van der Waals surface area contributed by atoms with Crippen molar-refractivity contribution in [3.63, 3.8) is 0 Å². The molecule has 2 N–H and O–H groups in total. The highest BCUT2D eigenvalue weighted by Crippen LogP contribution is 2.29. The molecule has 0 amide bonds. The maximum Gasteiger partial charge on any atom is 0.215 e. The lowest BCUT2D eigenvalue weighted by molar-refractivity contribution is 0.00738. The second-order valence-electron chi connectivity index (χ2n) is 5.15. The number of ether oxygens (including phenoxy) is 2. The normalized spacial score (nSPS) is 23.1. The van der Waals surface area contributed by atoms with E-state index in [4.69, 9.17) is 15.2 Å². The molecule has 0 radical (unpaired) electrons. The molecule has 6 heteroatoms. The zero-order chi connectivity index (χ0) is 13.5. The van der Waals surface area contributed by atoms with Crippen LogP contribution >= 0.6 is 0 Å². The van der Waals surface area contributed by atoms with Gasteiger partial charge in [0.2, 0.25) is 11.8 Å². The lowest BCUT2D eigenvalue weighted by Crippen LogP contribution is -2.30. The molecule has 2 aromatic heterocycles. The van der Waals surface area contributed by atoms with E-state index in [-0.39, 0.29) is 5.60 Å². The van der Waals surface area contributed by atoms with E-state index in [2.05, 4.69) is 16.9 Å². The molecule has 1 unspecified atom stereocenters. The van der Waals surface area contributed by atoms with E-state index < -0.39 is 0 Å². The molecule has 3 rings (SSSR count). The summed E-state index contributed by atoms with van der Waals surface area (Å²) >= 11 is 0. The first-order chi connectivity index (χ1) is 9.11. The topological polar surface area (TPSA) is 75.2 Å². The largest absolute Gasteiger partial charge is 0.481 e. The van der Waals surface area contributed by atoms with Crippen LogP contribution in [-0.2, 0) is 11.3 Å². The fraction of sp³-hybridized carbons (Fsp3) is 0.538. The standard InChI is InChI=1S/C13H18N4O2/c1-13(6-3-7-19-13)8-17-11-9(15-12(17)14)4-5-10(16-11)18-2/h4-5H,3,6-8H2,1-2H3,(H2,14,15). The van der Waals surface area contributed by atoms with Crippen molar-refractivity contribution in [2.75, 3.05) is 19.5 Å². The SMILES string of the molecule is COc1ccc2nc(N)n(CC3(C)CCCO3)c2n1. The van der Waals surface area contributed by atoms with Gasteiger partial charge in [0.1, 0.15) is 5.52 Å². The number of nitrogens with zero attached hydrogens (tertiary/aromatic N) is 3.